The lowest BCUT2D eigenvalue weighted by molar-refractivity contribution is 1.28. The molecule has 0 bridgehead atoms. The summed E-state index contributed by atoms with van der Waals surface area (Å²) in [4.78, 5) is 0. The van der Waals surface area contributed by atoms with Gasteiger partial charge in [-0.2, -0.15) is 5.26 Å². The van der Waals surface area contributed by atoms with E-state index in [0.29, 0.717) is 6.42 Å². The van der Waals surface area contributed by atoms with Gasteiger partial charge in [-0.05, 0) is 5.56 Å². The van der Waals surface area contributed by atoms with E-state index in [2.05, 4.69) is 27.8 Å². The van der Waals surface area contributed by atoms with Gasteiger partial charge in [0.1, 0.15) is 15.7 Å². The fraction of sp³-hybridized carbons (Fsp3) is 0.125. The van der Waals surface area contributed by atoms with Crippen molar-refractivity contribution in [3.8, 4) is 6.07 Å². The Bertz CT molecular complexity index is 301. The van der Waals surface area contributed by atoms with E-state index in [1.807, 2.05) is 12.1 Å². The van der Waals surface area contributed by atoms with Crippen molar-refractivity contribution in [3.05, 3.63) is 23.8 Å². The molecule has 1 aromatic carbocycles. The molecule has 1 rings (SSSR count). The fourth-order valence-electron chi connectivity index (χ4n) is 1.09. The Balaban J connectivity index is 3.08. The van der Waals surface area contributed by atoms with E-state index in [-0.39, 0.29) is 0 Å². The van der Waals surface area contributed by atoms with Gasteiger partial charge in [-0.25, -0.2) is 0 Å². The first-order valence-electron chi connectivity index (χ1n) is 3.67. The first-order valence-corrected chi connectivity index (χ1v) is 3.67. The molecule has 0 saturated carbocycles. The van der Waals surface area contributed by atoms with Crippen LogP contribution < -0.4 is 10.9 Å². The highest BCUT2D eigenvalue weighted by Crippen LogP contribution is 1.92. The Kier molecular flexibility index (Phi) is 2.38. The van der Waals surface area contributed by atoms with Gasteiger partial charge in [0.25, 0.3) is 0 Å². The van der Waals surface area contributed by atoms with Gasteiger partial charge in [0.2, 0.25) is 0 Å². The minimum atomic E-state index is 0.521. The summed E-state index contributed by atoms with van der Waals surface area (Å²) < 4.78 is 0. The molecule has 0 aliphatic heterocycles. The summed E-state index contributed by atoms with van der Waals surface area (Å²) in [6.45, 7) is 0. The Labute approximate surface area is 68.9 Å². The molecule has 0 saturated heterocycles. The zero-order valence-electron chi connectivity index (χ0n) is 6.89. The quantitative estimate of drug-likeness (QED) is 0.426. The van der Waals surface area contributed by atoms with Crippen LogP contribution in [-0.4, -0.2) is 15.7 Å². The zero-order valence-corrected chi connectivity index (χ0v) is 6.89. The lowest BCUT2D eigenvalue weighted by atomic mass is 9.77. The van der Waals surface area contributed by atoms with Crippen LogP contribution in [0.4, 0.5) is 0 Å². The lowest BCUT2D eigenvalue weighted by Crippen LogP contribution is -2.28. The Morgan fingerprint density at radius 1 is 1.36 bits per heavy atom. The highest BCUT2D eigenvalue weighted by atomic mass is 14.2. The normalized spacial score (nSPS) is 9.00. The molecule has 11 heavy (non-hydrogen) atoms. The van der Waals surface area contributed by atoms with E-state index < -0.39 is 0 Å². The molecule has 1 aromatic rings. The van der Waals surface area contributed by atoms with E-state index in [4.69, 9.17) is 5.26 Å². The first-order chi connectivity index (χ1) is 5.25. The second-order valence-corrected chi connectivity index (χ2v) is 2.69. The number of rotatable bonds is 1. The van der Waals surface area contributed by atoms with Crippen LogP contribution in [0.25, 0.3) is 0 Å². The molecular formula is C8H9B2N. The second-order valence-electron chi connectivity index (χ2n) is 2.69. The third kappa shape index (κ3) is 1.65. The summed E-state index contributed by atoms with van der Waals surface area (Å²) in [5, 5.41) is 8.49. The maximum atomic E-state index is 8.49. The van der Waals surface area contributed by atoms with Crippen LogP contribution in [0, 0.1) is 11.3 Å². The molecular weight excluding hydrogens is 132 g/mol. The minimum Gasteiger partial charge on any atom is -0.198 e. The average Bonchev–Trinajstić information content (AvgIpc) is 1.99. The van der Waals surface area contributed by atoms with Crippen LogP contribution in [-0.2, 0) is 6.42 Å². The van der Waals surface area contributed by atoms with Crippen LogP contribution in [0.5, 0.6) is 0 Å². The SMILES string of the molecule is Bc1cccc(CC#N)c1B. The van der Waals surface area contributed by atoms with E-state index in [1.165, 1.54) is 10.9 Å². The predicted octanol–water partition coefficient (Wildman–Crippen LogP) is -1.73. The molecule has 0 aromatic heterocycles. The number of benzene rings is 1. The van der Waals surface area contributed by atoms with Gasteiger partial charge < -0.3 is 0 Å². The van der Waals surface area contributed by atoms with E-state index in [1.54, 1.807) is 0 Å². The van der Waals surface area contributed by atoms with E-state index in [9.17, 15) is 0 Å². The largest absolute Gasteiger partial charge is 0.198 e. The molecule has 0 atom stereocenters. The van der Waals surface area contributed by atoms with Crippen LogP contribution in [0.1, 0.15) is 5.56 Å². The van der Waals surface area contributed by atoms with Gasteiger partial charge in [-0.3, -0.25) is 0 Å². The molecule has 0 amide bonds. The van der Waals surface area contributed by atoms with Crippen LogP contribution >= 0.6 is 0 Å². The Morgan fingerprint density at radius 2 is 2.09 bits per heavy atom. The highest BCUT2D eigenvalue weighted by Gasteiger charge is 1.97. The van der Waals surface area contributed by atoms with Gasteiger partial charge in [0, 0.05) is 0 Å². The van der Waals surface area contributed by atoms with Gasteiger partial charge in [-0.1, -0.05) is 29.1 Å². The highest BCUT2D eigenvalue weighted by molar-refractivity contribution is 6.49. The van der Waals surface area contributed by atoms with Crippen molar-refractivity contribution in [2.24, 2.45) is 0 Å². The standard InChI is InChI=1S/C8H9B2N/c9-7-3-1-2-6(4-5-11)8(7)10/h1-3H,4,9-10H2. The first kappa shape index (κ1) is 7.94. The fourth-order valence-corrected chi connectivity index (χ4v) is 1.09. The summed E-state index contributed by atoms with van der Waals surface area (Å²) in [6, 6.07) is 8.22. The monoisotopic (exact) mass is 141 g/mol. The number of nitrogens with zero attached hydrogens (tertiary/aromatic N) is 1. The third-order valence-corrected chi connectivity index (χ3v) is 1.99. The summed E-state index contributed by atoms with van der Waals surface area (Å²) in [6.07, 6.45) is 0.521. The van der Waals surface area contributed by atoms with Crippen molar-refractivity contribution in [1.82, 2.24) is 0 Å². The molecule has 0 aliphatic rings. The zero-order chi connectivity index (χ0) is 8.27. The topological polar surface area (TPSA) is 23.8 Å². The van der Waals surface area contributed by atoms with Crippen molar-refractivity contribution in [2.45, 2.75) is 6.42 Å². The van der Waals surface area contributed by atoms with Crippen LogP contribution in [0.3, 0.4) is 0 Å². The lowest BCUT2D eigenvalue weighted by Gasteiger charge is -2.03. The predicted molar refractivity (Wildman–Crippen MR) is 52.1 cm³/mol. The average molecular weight is 141 g/mol. The number of nitriles is 1. The third-order valence-electron chi connectivity index (χ3n) is 1.99. The van der Waals surface area contributed by atoms with Crippen molar-refractivity contribution >= 4 is 26.6 Å². The molecule has 0 unspecified atom stereocenters. The molecule has 0 spiro atoms. The van der Waals surface area contributed by atoms with Crippen molar-refractivity contribution in [3.63, 3.8) is 0 Å². The van der Waals surface area contributed by atoms with Gasteiger partial charge in [0.05, 0.1) is 12.5 Å². The molecule has 0 fully saturated rings. The molecule has 0 heterocycles. The maximum absolute atomic E-state index is 8.49. The molecule has 3 heteroatoms. The molecule has 0 N–H and O–H groups in total. The van der Waals surface area contributed by atoms with Gasteiger partial charge in [0.15, 0.2) is 0 Å². The van der Waals surface area contributed by atoms with Crippen molar-refractivity contribution in [2.75, 3.05) is 0 Å². The smallest absolute Gasteiger partial charge is 0.138 e. The molecule has 0 aliphatic carbocycles. The van der Waals surface area contributed by atoms with Crippen LogP contribution in [0.15, 0.2) is 18.2 Å². The maximum Gasteiger partial charge on any atom is 0.138 e. The van der Waals surface area contributed by atoms with Crippen LogP contribution in [0.2, 0.25) is 0 Å². The summed E-state index contributed by atoms with van der Waals surface area (Å²) in [5.74, 6) is 0. The number of hydrogen-bond donors (Lipinski definition) is 0. The van der Waals surface area contributed by atoms with Crippen molar-refractivity contribution in [1.29, 1.82) is 5.26 Å². The van der Waals surface area contributed by atoms with Gasteiger partial charge >= 0.3 is 0 Å². The minimum absolute atomic E-state index is 0.521. The molecule has 0 radical (unpaired) electrons. The van der Waals surface area contributed by atoms with E-state index in [0.717, 1.165) is 5.56 Å². The van der Waals surface area contributed by atoms with Crippen molar-refractivity contribution < 1.29 is 0 Å². The summed E-state index contributed by atoms with van der Waals surface area (Å²) >= 11 is 0. The Hall–Kier alpha value is -1.16. The second kappa shape index (κ2) is 3.30. The molecule has 52 valence electrons. The number of hydrogen-bond acceptors (Lipinski definition) is 1. The summed E-state index contributed by atoms with van der Waals surface area (Å²) in [5.41, 5.74) is 3.65. The summed E-state index contributed by atoms with van der Waals surface area (Å²) in [7, 11) is 4.12. The van der Waals surface area contributed by atoms with E-state index >= 15 is 0 Å². The Morgan fingerprint density at radius 3 is 2.73 bits per heavy atom. The molecule has 1 nitrogen and oxygen atoms in total. The van der Waals surface area contributed by atoms with Gasteiger partial charge in [-0.15, -0.1) is 0 Å².